The van der Waals surface area contributed by atoms with Gasteiger partial charge in [-0.25, -0.2) is 0 Å². The van der Waals surface area contributed by atoms with E-state index in [0.29, 0.717) is 0 Å². The monoisotopic (exact) mass is 271 g/mol. The molecule has 0 radical (unpaired) electrons. The number of para-hydroxylation sites is 1. The Morgan fingerprint density at radius 2 is 1.67 bits per heavy atom. The Bertz CT molecular complexity index is 1140. The number of H-pyrrole nitrogens is 1. The van der Waals surface area contributed by atoms with Gasteiger partial charge in [-0.05, 0) is 31.2 Å². The zero-order chi connectivity index (χ0) is 14.0. The van der Waals surface area contributed by atoms with Crippen molar-refractivity contribution >= 4 is 43.7 Å². The molecule has 1 N–H and O–H groups in total. The Labute approximate surface area is 121 Å². The van der Waals surface area contributed by atoms with E-state index < -0.39 is 0 Å². The van der Waals surface area contributed by atoms with Crippen LogP contribution in [-0.4, -0.2) is 4.98 Å². The summed E-state index contributed by atoms with van der Waals surface area (Å²) in [6.07, 6.45) is 0. The van der Waals surface area contributed by atoms with Gasteiger partial charge in [0.15, 0.2) is 5.58 Å². The Morgan fingerprint density at radius 3 is 2.62 bits per heavy atom. The van der Waals surface area contributed by atoms with Crippen LogP contribution in [0.25, 0.3) is 43.7 Å². The van der Waals surface area contributed by atoms with Gasteiger partial charge >= 0.3 is 0 Å². The van der Waals surface area contributed by atoms with Crippen LogP contribution >= 0.6 is 0 Å². The summed E-state index contributed by atoms with van der Waals surface area (Å²) in [5.74, 6) is 0. The van der Waals surface area contributed by atoms with E-state index in [0.717, 1.165) is 22.2 Å². The molecule has 0 spiro atoms. The molecule has 0 saturated carbocycles. The highest BCUT2D eigenvalue weighted by Gasteiger charge is 2.13. The topological polar surface area (TPSA) is 28.9 Å². The largest absolute Gasteiger partial charge is 0.454 e. The maximum absolute atomic E-state index is 6.09. The summed E-state index contributed by atoms with van der Waals surface area (Å²) in [4.78, 5) is 3.52. The molecule has 100 valence electrons. The third kappa shape index (κ3) is 1.37. The highest BCUT2D eigenvalue weighted by Crippen LogP contribution is 2.36. The number of hydrogen-bond acceptors (Lipinski definition) is 1. The number of fused-ring (bicyclic) bond motifs is 7. The third-order valence-electron chi connectivity index (χ3n) is 4.27. The lowest BCUT2D eigenvalue weighted by molar-refractivity contribution is 0.672. The number of aromatic amines is 1. The minimum absolute atomic E-state index is 0.940. The Hall–Kier alpha value is -2.74. The predicted octanol–water partition coefficient (Wildman–Crippen LogP) is 5.53. The number of aryl methyl sites for hydroxylation is 1. The van der Waals surface area contributed by atoms with Crippen LogP contribution in [0.4, 0.5) is 0 Å². The molecule has 2 heteroatoms. The van der Waals surface area contributed by atoms with Crippen molar-refractivity contribution < 1.29 is 4.42 Å². The van der Waals surface area contributed by atoms with Crippen LogP contribution in [0.15, 0.2) is 59.0 Å². The summed E-state index contributed by atoms with van der Waals surface area (Å²) in [7, 11) is 0. The van der Waals surface area contributed by atoms with Crippen molar-refractivity contribution in [3.63, 3.8) is 0 Å². The van der Waals surface area contributed by atoms with E-state index in [1.165, 1.54) is 27.1 Å². The summed E-state index contributed by atoms with van der Waals surface area (Å²) in [5.41, 5.74) is 5.40. The predicted molar refractivity (Wildman–Crippen MR) is 87.8 cm³/mol. The first-order chi connectivity index (χ1) is 10.3. The summed E-state index contributed by atoms with van der Waals surface area (Å²) in [5, 5.41) is 4.82. The normalized spacial score (nSPS) is 12.0. The van der Waals surface area contributed by atoms with E-state index in [9.17, 15) is 0 Å². The molecule has 0 aliphatic carbocycles. The lowest BCUT2D eigenvalue weighted by Crippen LogP contribution is -1.71. The van der Waals surface area contributed by atoms with Gasteiger partial charge < -0.3 is 9.40 Å². The zero-order valence-corrected chi connectivity index (χ0v) is 11.6. The molecule has 0 amide bonds. The van der Waals surface area contributed by atoms with Crippen LogP contribution in [-0.2, 0) is 0 Å². The molecule has 0 fully saturated rings. The molecule has 0 bridgehead atoms. The van der Waals surface area contributed by atoms with Crippen molar-refractivity contribution in [2.45, 2.75) is 6.92 Å². The van der Waals surface area contributed by atoms with Gasteiger partial charge in [0.2, 0.25) is 0 Å². The smallest absolute Gasteiger partial charge is 0.159 e. The number of furan rings is 1. The van der Waals surface area contributed by atoms with Gasteiger partial charge in [-0.2, -0.15) is 0 Å². The maximum Gasteiger partial charge on any atom is 0.159 e. The van der Waals surface area contributed by atoms with Crippen molar-refractivity contribution in [3.8, 4) is 0 Å². The number of benzene rings is 3. The van der Waals surface area contributed by atoms with E-state index in [4.69, 9.17) is 4.42 Å². The molecule has 3 aromatic carbocycles. The van der Waals surface area contributed by atoms with Gasteiger partial charge in [0.05, 0.1) is 5.52 Å². The number of rotatable bonds is 0. The number of aromatic nitrogens is 1. The van der Waals surface area contributed by atoms with Crippen molar-refractivity contribution in [2.24, 2.45) is 0 Å². The maximum atomic E-state index is 6.09. The average Bonchev–Trinajstić information content (AvgIpc) is 3.05. The Kier molecular flexibility index (Phi) is 1.92. The Morgan fingerprint density at radius 1 is 0.810 bits per heavy atom. The van der Waals surface area contributed by atoms with Gasteiger partial charge in [-0.15, -0.1) is 0 Å². The van der Waals surface area contributed by atoms with Gasteiger partial charge in [0, 0.05) is 27.1 Å². The number of nitrogens with one attached hydrogen (secondary N) is 1. The highest BCUT2D eigenvalue weighted by molar-refractivity contribution is 6.20. The fourth-order valence-corrected chi connectivity index (χ4v) is 3.26. The second kappa shape index (κ2) is 3.67. The molecule has 5 rings (SSSR count). The average molecular weight is 271 g/mol. The van der Waals surface area contributed by atoms with Gasteiger partial charge in [-0.1, -0.05) is 35.9 Å². The summed E-state index contributed by atoms with van der Waals surface area (Å²) in [6.45, 7) is 2.12. The van der Waals surface area contributed by atoms with Crippen LogP contribution < -0.4 is 0 Å². The quantitative estimate of drug-likeness (QED) is 0.394. The van der Waals surface area contributed by atoms with Gasteiger partial charge in [0.1, 0.15) is 5.58 Å². The minimum atomic E-state index is 0.940. The van der Waals surface area contributed by atoms with Crippen LogP contribution in [0.3, 0.4) is 0 Å². The molecule has 21 heavy (non-hydrogen) atoms. The van der Waals surface area contributed by atoms with Crippen molar-refractivity contribution in [2.75, 3.05) is 0 Å². The minimum Gasteiger partial charge on any atom is -0.454 e. The fraction of sp³-hybridized carbons (Fsp3) is 0.0526. The van der Waals surface area contributed by atoms with E-state index in [1.807, 2.05) is 12.1 Å². The molecule has 0 unspecified atom stereocenters. The lowest BCUT2D eigenvalue weighted by Gasteiger charge is -1.94. The molecule has 5 aromatic rings. The van der Waals surface area contributed by atoms with Gasteiger partial charge in [0.25, 0.3) is 0 Å². The third-order valence-corrected chi connectivity index (χ3v) is 4.27. The van der Waals surface area contributed by atoms with E-state index in [1.54, 1.807) is 0 Å². The van der Waals surface area contributed by atoms with Gasteiger partial charge in [-0.3, -0.25) is 0 Å². The second-order valence-corrected chi connectivity index (χ2v) is 5.64. The van der Waals surface area contributed by atoms with Crippen molar-refractivity contribution in [3.05, 3.63) is 60.2 Å². The second-order valence-electron chi connectivity index (χ2n) is 5.64. The molecular formula is C19H13NO. The molecule has 0 atom stereocenters. The molecule has 0 saturated heterocycles. The van der Waals surface area contributed by atoms with Crippen molar-refractivity contribution in [1.29, 1.82) is 0 Å². The summed E-state index contributed by atoms with van der Waals surface area (Å²) in [6, 6.07) is 19.0. The summed E-state index contributed by atoms with van der Waals surface area (Å²) < 4.78 is 6.09. The zero-order valence-electron chi connectivity index (χ0n) is 11.6. The first-order valence-corrected chi connectivity index (χ1v) is 7.13. The van der Waals surface area contributed by atoms with Crippen LogP contribution in [0.2, 0.25) is 0 Å². The molecule has 2 aromatic heterocycles. The molecule has 0 aliphatic heterocycles. The molecule has 0 aliphatic rings. The first kappa shape index (κ1) is 11.0. The summed E-state index contributed by atoms with van der Waals surface area (Å²) >= 11 is 0. The van der Waals surface area contributed by atoms with Crippen LogP contribution in [0.1, 0.15) is 5.56 Å². The number of hydrogen-bond donors (Lipinski definition) is 1. The SMILES string of the molecule is Cc1ccc2[nH]c3c(ccc4c5ccccc5oc43)c2c1. The van der Waals surface area contributed by atoms with Crippen LogP contribution in [0, 0.1) is 6.92 Å². The molecular weight excluding hydrogens is 258 g/mol. The van der Waals surface area contributed by atoms with E-state index in [-0.39, 0.29) is 0 Å². The fourth-order valence-electron chi connectivity index (χ4n) is 3.26. The lowest BCUT2D eigenvalue weighted by atomic mass is 10.1. The van der Waals surface area contributed by atoms with E-state index >= 15 is 0 Å². The molecule has 2 nitrogen and oxygen atoms in total. The first-order valence-electron chi connectivity index (χ1n) is 7.13. The van der Waals surface area contributed by atoms with E-state index in [2.05, 4.69) is 54.4 Å². The highest BCUT2D eigenvalue weighted by atomic mass is 16.3. The van der Waals surface area contributed by atoms with Crippen molar-refractivity contribution in [1.82, 2.24) is 4.98 Å². The standard InChI is InChI=1S/C19H13NO/c1-11-6-9-16-15(10-11)13-7-8-14-12-4-2-3-5-17(12)21-19(14)18(13)20-16/h2-10,20H,1H3. The van der Waals surface area contributed by atoms with Crippen LogP contribution in [0.5, 0.6) is 0 Å². The Balaban J connectivity index is 2.06. The molecule has 2 heterocycles.